The van der Waals surface area contributed by atoms with Gasteiger partial charge in [0.15, 0.2) is 16.9 Å². The molecule has 101 heavy (non-hydrogen) atoms. The second-order valence-electron chi connectivity index (χ2n) is 24.6. The van der Waals surface area contributed by atoms with E-state index in [0.29, 0.717) is 9.13 Å². The number of anilines is 6. The molecule has 0 aliphatic carbocycles. The number of benzene rings is 3. The molecule has 1 fully saturated rings. The van der Waals surface area contributed by atoms with Crippen LogP contribution in [0, 0.1) is 74.2 Å². The number of pyridine rings is 3. The normalized spacial score (nSPS) is 12.7. The fourth-order valence-corrected chi connectivity index (χ4v) is 9.98. The van der Waals surface area contributed by atoms with E-state index in [1.54, 1.807) is 12.1 Å². The fraction of sp³-hybridized carbons (Fsp3) is 0.328. The van der Waals surface area contributed by atoms with Crippen molar-refractivity contribution in [1.29, 1.82) is 0 Å². The van der Waals surface area contributed by atoms with Crippen LogP contribution in [-0.2, 0) is 45.5 Å². The average Bonchev–Trinajstić information content (AvgIpc) is 1.07. The van der Waals surface area contributed by atoms with Gasteiger partial charge in [0.2, 0.25) is 17.5 Å². The molecule has 3 aromatic carbocycles. The number of halogens is 7. The maximum atomic E-state index is 15.0. The number of nitrogens with zero attached hydrogens (tertiary/aromatic N) is 9. The monoisotopic (exact) mass is 1550 g/mol. The average molecular weight is 1550 g/mol. The van der Waals surface area contributed by atoms with Gasteiger partial charge in [0, 0.05) is 49.1 Å². The molecule has 6 aromatic heterocycles. The highest BCUT2D eigenvalue weighted by atomic mass is 127. The first-order valence-electron chi connectivity index (χ1n) is 30.6. The smallest absolute Gasteiger partial charge is 0.290 e. The van der Waals surface area contributed by atoms with Crippen LogP contribution in [-0.4, -0.2) is 140 Å². The first-order valence-corrected chi connectivity index (χ1v) is 38.7. The summed E-state index contributed by atoms with van der Waals surface area (Å²) in [4.78, 5) is 87.5. The Bertz CT molecular complexity index is 5100. The zero-order valence-electron chi connectivity index (χ0n) is 56.1. The predicted molar refractivity (Wildman–Crippen MR) is 385 cm³/mol. The minimum Gasteiger partial charge on any atom is -0.394 e. The number of nitrogens with one attached hydrogen (secondary N) is 3. The van der Waals surface area contributed by atoms with Gasteiger partial charge < -0.3 is 51.3 Å². The molecule has 3 atom stereocenters. The highest BCUT2D eigenvalue weighted by molar-refractivity contribution is 14.1. The minimum absolute atomic E-state index is 0.112. The van der Waals surface area contributed by atoms with Gasteiger partial charge in [-0.15, -0.1) is 23.9 Å². The van der Waals surface area contributed by atoms with E-state index >= 15 is 0 Å². The van der Waals surface area contributed by atoms with Crippen LogP contribution in [0.25, 0.3) is 33.1 Å². The number of terminal acetylenes is 2. The third-order valence-corrected chi connectivity index (χ3v) is 16.8. The summed E-state index contributed by atoms with van der Waals surface area (Å²) in [5.74, 6) is -0.936. The number of aliphatic hydroxyl groups excluding tert-OH is 6. The van der Waals surface area contributed by atoms with Gasteiger partial charge in [0.1, 0.15) is 68.7 Å². The molecule has 1 aliphatic heterocycles. The minimum atomic E-state index is -1.67. The number of aryl methyl sites for hydroxylation is 3. The van der Waals surface area contributed by atoms with Crippen LogP contribution in [0.3, 0.4) is 0 Å². The van der Waals surface area contributed by atoms with Crippen molar-refractivity contribution in [2.75, 3.05) is 49.0 Å². The zero-order chi connectivity index (χ0) is 75.1. The Labute approximate surface area is 588 Å². The van der Waals surface area contributed by atoms with E-state index in [2.05, 4.69) is 93.1 Å². The van der Waals surface area contributed by atoms with Crippen LogP contribution in [0.4, 0.5) is 60.5 Å². The molecule has 0 unspecified atom stereocenters. The van der Waals surface area contributed by atoms with Gasteiger partial charge in [0.25, 0.3) is 33.4 Å². The number of hydrogen-bond acceptors (Lipinski definition) is 19. The third kappa shape index (κ3) is 20.4. The first-order chi connectivity index (χ1) is 47.5. The third-order valence-electron chi connectivity index (χ3n) is 14.4. The standard InChI is InChI=1S/C22H24F2N4O4Si.C19H16F2N4O4.C17H15F2IN4O4.C5H10Si.C4H8O/c1-27-20-17(21(31)28(12-25-20)10-14(30)11-29)19(18(24)22(27)32)26-16-6-5-13(9-15(16)23)7-8-33(2,3)4;1-3-10-4-5-13(12(20)6-10)23-16-14-17(24(2)19(29)15(16)21)22-9-25(18(14)28)7-11(27)8-26;1-23-15-12(16(27)24(7-21-15)5-9(26)6-25)14(13(19)17(23)28)22-11-3-2-8(20)4-10(11)18;1-5-6(2,3)4;1-2-4-5-3-1/h5-6,9,12,14,26,29-30H,10-11H2,1-4H3;1,4-6,9,11,23,26-27H,7-8H2,2H3;2-4,7,9,22,25-26H,5-6H2,1H3;1H,2-4H3;1-4H2/t14-;11-;9-;;/m000../s1. The molecule has 10 rings (SSSR count). The van der Waals surface area contributed by atoms with Crippen molar-refractivity contribution >= 4 is 106 Å². The van der Waals surface area contributed by atoms with Crippen LogP contribution in [0.15, 0.2) is 102 Å². The molecule has 34 heteroatoms. The van der Waals surface area contributed by atoms with Crippen molar-refractivity contribution in [3.63, 3.8) is 0 Å². The quantitative estimate of drug-likeness (QED) is 0.0264. The maximum absolute atomic E-state index is 15.0. The molecule has 0 saturated carbocycles. The lowest BCUT2D eigenvalue weighted by atomic mass is 10.2. The van der Waals surface area contributed by atoms with Crippen molar-refractivity contribution in [3.05, 3.63) is 185 Å². The lowest BCUT2D eigenvalue weighted by Gasteiger charge is -2.15. The van der Waals surface area contributed by atoms with Crippen LogP contribution in [0.2, 0.25) is 39.3 Å². The Morgan fingerprint density at radius 1 is 0.515 bits per heavy atom. The Balaban J connectivity index is 0.000000221. The fourth-order valence-electron chi connectivity index (χ4n) is 9.00. The topological polar surface area (TPSA) is 337 Å². The number of rotatable bonds is 15. The Morgan fingerprint density at radius 3 is 1.11 bits per heavy atom. The molecule has 0 bridgehead atoms. The van der Waals surface area contributed by atoms with E-state index < -0.39 is 140 Å². The molecule has 25 nitrogen and oxygen atoms in total. The SMILES string of the molecule is C#C[Si](C)(C)C.C#Cc1ccc(Nc2c(F)c(=O)n(C)c3ncn(C[C@H](O)CO)c(=O)c23)c(F)c1.C1CCOC1.Cn1c(=O)c(F)c(Nc2ccc(C#C[Si](C)(C)C)cc2F)c2c(=O)n(C[C@H](O)CO)cnc21.Cn1c(=O)c(F)c(Nc2ccc(I)cc2F)c2c(=O)n(C[C@H](O)CO)cnc21. The maximum Gasteiger partial charge on any atom is 0.290 e. The summed E-state index contributed by atoms with van der Waals surface area (Å²) in [7, 11) is 0.966. The number of aromatic nitrogens is 9. The number of ether oxygens (including phenoxy) is 1. The summed E-state index contributed by atoms with van der Waals surface area (Å²) in [6.45, 7) is 11.9. The Morgan fingerprint density at radius 2 is 0.832 bits per heavy atom. The Kier molecular flexibility index (Phi) is 28.0. The van der Waals surface area contributed by atoms with E-state index in [0.717, 1.165) is 65.7 Å². The van der Waals surface area contributed by atoms with E-state index in [4.69, 9.17) is 32.9 Å². The summed E-state index contributed by atoms with van der Waals surface area (Å²) >= 11 is 1.91. The van der Waals surface area contributed by atoms with Crippen molar-refractivity contribution in [3.8, 4) is 35.8 Å². The van der Waals surface area contributed by atoms with Gasteiger partial charge in [0.05, 0.1) is 91.9 Å². The van der Waals surface area contributed by atoms with Gasteiger partial charge in [-0.2, -0.15) is 13.2 Å². The Hall–Kier alpha value is -9.53. The van der Waals surface area contributed by atoms with E-state index in [1.807, 2.05) is 22.6 Å². The van der Waals surface area contributed by atoms with E-state index in [9.17, 15) is 70.4 Å². The number of aliphatic hydroxyl groups is 6. The summed E-state index contributed by atoms with van der Waals surface area (Å²) in [6, 6.07) is 11.9. The highest BCUT2D eigenvalue weighted by Gasteiger charge is 2.26. The second kappa shape index (κ2) is 35.2. The van der Waals surface area contributed by atoms with Gasteiger partial charge in [-0.1, -0.05) is 51.1 Å². The summed E-state index contributed by atoms with van der Waals surface area (Å²) in [5, 5.41) is 62.4. The van der Waals surface area contributed by atoms with Crippen molar-refractivity contribution in [2.45, 2.75) is 90.1 Å². The molecular formula is C67H73F6IN12O13Si2. The van der Waals surface area contributed by atoms with Gasteiger partial charge in [-0.05, 0) is 90.0 Å². The van der Waals surface area contributed by atoms with Crippen LogP contribution in [0.1, 0.15) is 24.0 Å². The molecule has 1 aliphatic rings. The predicted octanol–water partition coefficient (Wildman–Crippen LogP) is 5.52. The van der Waals surface area contributed by atoms with Gasteiger partial charge in [-0.3, -0.25) is 56.2 Å². The molecule has 9 N–H and O–H groups in total. The summed E-state index contributed by atoms with van der Waals surface area (Å²) < 4.78 is 98.9. The van der Waals surface area contributed by atoms with E-state index in [-0.39, 0.29) is 75.4 Å². The molecule has 7 heterocycles. The molecule has 0 spiro atoms. The number of fused-ring (bicyclic) bond motifs is 3. The molecular weight excluding hydrogens is 1480 g/mol. The largest absolute Gasteiger partial charge is 0.394 e. The second-order valence-corrected chi connectivity index (χ2v) is 35.4. The molecule has 536 valence electrons. The van der Waals surface area contributed by atoms with Crippen LogP contribution >= 0.6 is 22.6 Å². The number of hydrogen-bond donors (Lipinski definition) is 9. The van der Waals surface area contributed by atoms with Crippen LogP contribution < -0.4 is 49.3 Å². The lowest BCUT2D eigenvalue weighted by molar-refractivity contribution is 0.0802. The molecule has 9 aromatic rings. The molecule has 0 radical (unpaired) electrons. The summed E-state index contributed by atoms with van der Waals surface area (Å²) in [5.41, 5.74) is -1.39. The van der Waals surface area contributed by atoms with Crippen molar-refractivity contribution in [2.24, 2.45) is 21.1 Å². The van der Waals surface area contributed by atoms with E-state index in [1.165, 1.54) is 70.4 Å². The van der Waals surface area contributed by atoms with Gasteiger partial charge in [-0.25, -0.2) is 28.1 Å². The zero-order valence-corrected chi connectivity index (χ0v) is 60.3. The lowest BCUT2D eigenvalue weighted by Crippen LogP contribution is -2.32. The van der Waals surface area contributed by atoms with Crippen LogP contribution in [0.5, 0.6) is 0 Å². The molecule has 1 saturated heterocycles. The van der Waals surface area contributed by atoms with Crippen molar-refractivity contribution in [1.82, 2.24) is 42.4 Å². The first kappa shape index (κ1) is 80.4. The summed E-state index contributed by atoms with van der Waals surface area (Å²) in [6.07, 6.45) is 12.4. The molecule has 0 amide bonds. The highest BCUT2D eigenvalue weighted by Crippen LogP contribution is 2.30. The van der Waals surface area contributed by atoms with Gasteiger partial charge >= 0.3 is 0 Å². The van der Waals surface area contributed by atoms with Crippen molar-refractivity contribution < 1.29 is 61.7 Å².